The Balaban J connectivity index is 1.84. The fourth-order valence-electron chi connectivity index (χ4n) is 2.77. The quantitative estimate of drug-likeness (QED) is 0.530. The molecule has 0 saturated heterocycles. The van der Waals surface area contributed by atoms with Crippen LogP contribution in [0.5, 0.6) is 0 Å². The minimum Gasteiger partial charge on any atom is -0.308 e. The standard InChI is InChI=1S/C20H20Cl2N4O/c1-12(2)26-19(18(22)11-23-26)17-10-16(7-4-13(17)3)25-20(27)24-15-8-5-14(21)6-9-15/h4-12H,1-3H3,(H2,24,25,27). The van der Waals surface area contributed by atoms with Crippen molar-refractivity contribution in [1.82, 2.24) is 9.78 Å². The lowest BCUT2D eigenvalue weighted by molar-refractivity contribution is 0.262. The molecule has 3 aromatic rings. The monoisotopic (exact) mass is 402 g/mol. The van der Waals surface area contributed by atoms with Gasteiger partial charge in [0.1, 0.15) is 0 Å². The molecule has 0 bridgehead atoms. The summed E-state index contributed by atoms with van der Waals surface area (Å²) in [6, 6.07) is 12.4. The van der Waals surface area contributed by atoms with E-state index in [4.69, 9.17) is 23.2 Å². The molecule has 0 radical (unpaired) electrons. The van der Waals surface area contributed by atoms with Gasteiger partial charge in [-0.25, -0.2) is 4.79 Å². The highest BCUT2D eigenvalue weighted by Crippen LogP contribution is 2.33. The molecule has 0 spiro atoms. The number of anilines is 2. The van der Waals surface area contributed by atoms with E-state index < -0.39 is 0 Å². The van der Waals surface area contributed by atoms with Crippen molar-refractivity contribution in [2.24, 2.45) is 0 Å². The maximum Gasteiger partial charge on any atom is 0.323 e. The smallest absolute Gasteiger partial charge is 0.308 e. The first-order valence-corrected chi connectivity index (χ1v) is 9.28. The molecule has 0 unspecified atom stereocenters. The maximum absolute atomic E-state index is 12.3. The van der Waals surface area contributed by atoms with Gasteiger partial charge in [0.05, 0.1) is 16.9 Å². The van der Waals surface area contributed by atoms with Crippen molar-refractivity contribution < 1.29 is 4.79 Å². The van der Waals surface area contributed by atoms with Crippen LogP contribution in [0.3, 0.4) is 0 Å². The highest BCUT2D eigenvalue weighted by Gasteiger charge is 2.16. The van der Waals surface area contributed by atoms with Gasteiger partial charge in [0.15, 0.2) is 0 Å². The van der Waals surface area contributed by atoms with E-state index >= 15 is 0 Å². The van der Waals surface area contributed by atoms with Crippen LogP contribution < -0.4 is 10.6 Å². The van der Waals surface area contributed by atoms with E-state index in [1.54, 1.807) is 30.5 Å². The summed E-state index contributed by atoms with van der Waals surface area (Å²) >= 11 is 12.2. The maximum atomic E-state index is 12.3. The van der Waals surface area contributed by atoms with Gasteiger partial charge in [-0.05, 0) is 62.7 Å². The number of rotatable bonds is 4. The highest BCUT2D eigenvalue weighted by molar-refractivity contribution is 6.33. The molecule has 140 valence electrons. The lowest BCUT2D eigenvalue weighted by atomic mass is 10.0. The molecule has 3 rings (SSSR count). The van der Waals surface area contributed by atoms with Crippen molar-refractivity contribution in [3.63, 3.8) is 0 Å². The lowest BCUT2D eigenvalue weighted by Crippen LogP contribution is -2.19. The Kier molecular flexibility index (Phi) is 5.73. The van der Waals surface area contributed by atoms with Crippen LogP contribution in [0.15, 0.2) is 48.7 Å². The summed E-state index contributed by atoms with van der Waals surface area (Å²) in [5.41, 5.74) is 4.13. The minimum absolute atomic E-state index is 0.164. The second-order valence-corrected chi connectivity index (χ2v) is 7.34. The number of halogens is 2. The average molecular weight is 403 g/mol. The third-order valence-corrected chi connectivity index (χ3v) is 4.62. The fraction of sp³-hybridized carbons (Fsp3) is 0.200. The number of nitrogens with zero attached hydrogens (tertiary/aromatic N) is 2. The first-order chi connectivity index (χ1) is 12.8. The van der Waals surface area contributed by atoms with Crippen molar-refractivity contribution in [2.45, 2.75) is 26.8 Å². The van der Waals surface area contributed by atoms with E-state index in [-0.39, 0.29) is 12.1 Å². The van der Waals surface area contributed by atoms with E-state index in [0.29, 0.717) is 21.4 Å². The number of aromatic nitrogens is 2. The normalized spacial score (nSPS) is 10.9. The Morgan fingerprint density at radius 2 is 1.67 bits per heavy atom. The molecule has 1 aromatic heterocycles. The molecule has 0 aliphatic rings. The van der Waals surface area contributed by atoms with Crippen LogP contribution in [0.1, 0.15) is 25.5 Å². The molecule has 0 saturated carbocycles. The number of benzene rings is 2. The molecular weight excluding hydrogens is 383 g/mol. The summed E-state index contributed by atoms with van der Waals surface area (Å²) in [5.74, 6) is 0. The number of hydrogen-bond acceptors (Lipinski definition) is 2. The highest BCUT2D eigenvalue weighted by atomic mass is 35.5. The molecule has 2 amide bonds. The molecule has 0 fully saturated rings. The summed E-state index contributed by atoms with van der Waals surface area (Å²) in [7, 11) is 0. The summed E-state index contributed by atoms with van der Waals surface area (Å²) in [4.78, 5) is 12.3. The number of carbonyl (C=O) groups excluding carboxylic acids is 1. The Bertz CT molecular complexity index is 965. The summed E-state index contributed by atoms with van der Waals surface area (Å²) in [6.07, 6.45) is 1.64. The zero-order chi connectivity index (χ0) is 19.6. The molecule has 2 aromatic carbocycles. The molecule has 0 aliphatic heterocycles. The molecule has 0 atom stereocenters. The van der Waals surface area contributed by atoms with Gasteiger partial charge in [-0.15, -0.1) is 0 Å². The topological polar surface area (TPSA) is 59.0 Å². The zero-order valence-corrected chi connectivity index (χ0v) is 16.8. The third kappa shape index (κ3) is 4.43. The molecule has 5 nitrogen and oxygen atoms in total. The van der Waals surface area contributed by atoms with E-state index in [2.05, 4.69) is 15.7 Å². The number of amides is 2. The zero-order valence-electron chi connectivity index (χ0n) is 15.3. The van der Waals surface area contributed by atoms with Crippen LogP contribution in [-0.2, 0) is 0 Å². The van der Waals surface area contributed by atoms with E-state index in [0.717, 1.165) is 16.8 Å². The van der Waals surface area contributed by atoms with E-state index in [1.165, 1.54) is 0 Å². The van der Waals surface area contributed by atoms with Gasteiger partial charge in [-0.1, -0.05) is 29.3 Å². The Morgan fingerprint density at radius 1 is 1.04 bits per heavy atom. The predicted octanol–water partition coefficient (Wildman–Crippen LogP) is 6.39. The van der Waals surface area contributed by atoms with Crippen LogP contribution in [0, 0.1) is 6.92 Å². The first-order valence-electron chi connectivity index (χ1n) is 8.52. The number of urea groups is 1. The summed E-state index contributed by atoms with van der Waals surface area (Å²) < 4.78 is 1.88. The predicted molar refractivity (Wildman–Crippen MR) is 112 cm³/mol. The van der Waals surface area contributed by atoms with E-state index in [1.807, 2.05) is 43.7 Å². The Morgan fingerprint density at radius 3 is 2.33 bits per heavy atom. The first kappa shape index (κ1) is 19.3. The summed E-state index contributed by atoms with van der Waals surface area (Å²) in [6.45, 7) is 6.09. The van der Waals surface area contributed by atoms with Gasteiger partial charge in [0, 0.05) is 28.0 Å². The SMILES string of the molecule is Cc1ccc(NC(=O)Nc2ccc(Cl)cc2)cc1-c1c(Cl)cnn1C(C)C. The lowest BCUT2D eigenvalue weighted by Gasteiger charge is -2.15. The van der Waals surface area contributed by atoms with Gasteiger partial charge < -0.3 is 10.6 Å². The van der Waals surface area contributed by atoms with Crippen LogP contribution in [0.2, 0.25) is 10.0 Å². The van der Waals surface area contributed by atoms with Gasteiger partial charge in [-0.2, -0.15) is 5.10 Å². The molecule has 1 heterocycles. The van der Waals surface area contributed by atoms with Crippen molar-refractivity contribution in [3.05, 3.63) is 64.3 Å². The number of aryl methyl sites for hydroxylation is 1. The van der Waals surface area contributed by atoms with Gasteiger partial charge in [0.25, 0.3) is 0 Å². The second-order valence-electron chi connectivity index (χ2n) is 6.50. The van der Waals surface area contributed by atoms with Crippen molar-refractivity contribution in [1.29, 1.82) is 0 Å². The van der Waals surface area contributed by atoms with Gasteiger partial charge in [0.2, 0.25) is 0 Å². The molecule has 27 heavy (non-hydrogen) atoms. The fourth-order valence-corrected chi connectivity index (χ4v) is 3.12. The molecule has 7 heteroatoms. The Hall–Kier alpha value is -2.50. The number of carbonyl (C=O) groups is 1. The van der Waals surface area contributed by atoms with Gasteiger partial charge >= 0.3 is 6.03 Å². The largest absolute Gasteiger partial charge is 0.323 e. The van der Waals surface area contributed by atoms with Crippen molar-refractivity contribution >= 4 is 40.6 Å². The van der Waals surface area contributed by atoms with Crippen LogP contribution >= 0.6 is 23.2 Å². The average Bonchev–Trinajstić information content (AvgIpc) is 3.00. The van der Waals surface area contributed by atoms with Crippen molar-refractivity contribution in [2.75, 3.05) is 10.6 Å². The van der Waals surface area contributed by atoms with E-state index in [9.17, 15) is 4.79 Å². The third-order valence-electron chi connectivity index (χ3n) is 4.09. The van der Waals surface area contributed by atoms with Crippen LogP contribution in [0.25, 0.3) is 11.3 Å². The summed E-state index contributed by atoms with van der Waals surface area (Å²) in [5, 5.41) is 11.2. The Labute approximate surface area is 168 Å². The minimum atomic E-state index is -0.337. The number of hydrogen-bond donors (Lipinski definition) is 2. The van der Waals surface area contributed by atoms with Crippen LogP contribution in [0.4, 0.5) is 16.2 Å². The second kappa shape index (κ2) is 8.03. The molecular formula is C20H20Cl2N4O. The number of nitrogens with one attached hydrogen (secondary N) is 2. The molecule has 2 N–H and O–H groups in total. The molecule has 0 aliphatic carbocycles. The van der Waals surface area contributed by atoms with Crippen molar-refractivity contribution in [3.8, 4) is 11.3 Å². The van der Waals surface area contributed by atoms with Crippen LogP contribution in [-0.4, -0.2) is 15.8 Å². The van der Waals surface area contributed by atoms with Gasteiger partial charge in [-0.3, -0.25) is 4.68 Å².